The zero-order valence-electron chi connectivity index (χ0n) is 14.6. The van der Waals surface area contributed by atoms with Crippen LogP contribution in [0, 0.1) is 0 Å². The van der Waals surface area contributed by atoms with Crippen molar-refractivity contribution in [3.8, 4) is 11.3 Å². The van der Waals surface area contributed by atoms with E-state index in [9.17, 15) is 0 Å². The van der Waals surface area contributed by atoms with E-state index >= 15 is 0 Å². The van der Waals surface area contributed by atoms with E-state index < -0.39 is 0 Å². The van der Waals surface area contributed by atoms with Gasteiger partial charge in [-0.2, -0.15) is 0 Å². The van der Waals surface area contributed by atoms with Crippen LogP contribution in [0.1, 0.15) is 5.76 Å². The molecular weight excluding hydrogens is 399 g/mol. The summed E-state index contributed by atoms with van der Waals surface area (Å²) >= 11 is 17.8. The molecule has 138 valence electrons. The Morgan fingerprint density at radius 3 is 2.30 bits per heavy atom. The lowest BCUT2D eigenvalue weighted by molar-refractivity contribution is 0.385. The molecular formula is C21H18Cl2N2OS. The summed E-state index contributed by atoms with van der Waals surface area (Å²) in [5, 5.41) is 1.03. The number of anilines is 1. The summed E-state index contributed by atoms with van der Waals surface area (Å²) in [4.78, 5) is 5.32. The second kappa shape index (κ2) is 7.93. The Bertz CT molecular complexity index is 950. The van der Waals surface area contributed by atoms with E-state index in [0.717, 1.165) is 42.5 Å². The van der Waals surface area contributed by atoms with Crippen LogP contribution in [-0.4, -0.2) is 36.1 Å². The molecule has 0 atom stereocenters. The normalized spacial score (nSPS) is 14.4. The summed E-state index contributed by atoms with van der Waals surface area (Å²) in [6, 6.07) is 19.8. The van der Waals surface area contributed by atoms with Crippen molar-refractivity contribution in [3.05, 3.63) is 76.5 Å². The molecule has 0 saturated carbocycles. The Kier molecular flexibility index (Phi) is 5.39. The lowest BCUT2D eigenvalue weighted by atomic mass is 10.2. The molecule has 0 bridgehead atoms. The van der Waals surface area contributed by atoms with Gasteiger partial charge in [-0.15, -0.1) is 0 Å². The highest BCUT2D eigenvalue weighted by atomic mass is 35.5. The molecule has 1 aromatic heterocycles. The minimum Gasteiger partial charge on any atom is -0.454 e. The van der Waals surface area contributed by atoms with Crippen molar-refractivity contribution in [2.45, 2.75) is 0 Å². The number of hydrogen-bond acceptors (Lipinski definition) is 3. The van der Waals surface area contributed by atoms with Crippen molar-refractivity contribution in [2.75, 3.05) is 31.1 Å². The van der Waals surface area contributed by atoms with Crippen LogP contribution < -0.4 is 4.90 Å². The summed E-state index contributed by atoms with van der Waals surface area (Å²) in [6.07, 6.45) is 0. The van der Waals surface area contributed by atoms with Gasteiger partial charge in [-0.25, -0.2) is 0 Å². The fraction of sp³-hybridized carbons (Fsp3) is 0.190. The second-order valence-corrected chi connectivity index (χ2v) is 7.61. The van der Waals surface area contributed by atoms with Gasteiger partial charge in [-0.1, -0.05) is 53.6 Å². The zero-order chi connectivity index (χ0) is 18.8. The van der Waals surface area contributed by atoms with E-state index in [1.165, 1.54) is 5.69 Å². The molecule has 0 aliphatic carbocycles. The smallest absolute Gasteiger partial charge is 0.162 e. The third-order valence-electron chi connectivity index (χ3n) is 4.71. The van der Waals surface area contributed by atoms with Crippen LogP contribution in [0.2, 0.25) is 10.0 Å². The van der Waals surface area contributed by atoms with E-state index in [0.29, 0.717) is 15.8 Å². The number of hydrogen-bond donors (Lipinski definition) is 0. The molecule has 1 saturated heterocycles. The topological polar surface area (TPSA) is 19.6 Å². The molecule has 0 amide bonds. The summed E-state index contributed by atoms with van der Waals surface area (Å²) < 4.78 is 5.99. The fourth-order valence-corrected chi connectivity index (χ4v) is 3.81. The quantitative estimate of drug-likeness (QED) is 0.505. The fourth-order valence-electron chi connectivity index (χ4n) is 3.22. The SMILES string of the molecule is S=C(c1ccc(-c2ccc(Cl)c(Cl)c2)o1)N1CCN(c2ccccc2)CC1. The van der Waals surface area contributed by atoms with Gasteiger partial charge in [0.05, 0.1) is 10.0 Å². The van der Waals surface area contributed by atoms with Crippen molar-refractivity contribution in [1.29, 1.82) is 0 Å². The molecule has 0 radical (unpaired) electrons. The number of para-hydroxylation sites is 1. The van der Waals surface area contributed by atoms with Gasteiger partial charge >= 0.3 is 0 Å². The number of thiocarbonyl (C=S) groups is 1. The minimum absolute atomic E-state index is 0.506. The number of piperazine rings is 1. The van der Waals surface area contributed by atoms with Gasteiger partial charge in [-0.05, 0) is 42.5 Å². The minimum atomic E-state index is 0.506. The maximum Gasteiger partial charge on any atom is 0.162 e. The lowest BCUT2D eigenvalue weighted by Crippen LogP contribution is -2.48. The molecule has 0 unspecified atom stereocenters. The molecule has 3 aromatic rings. The van der Waals surface area contributed by atoms with E-state index in [-0.39, 0.29) is 0 Å². The standard InChI is InChI=1S/C21H18Cl2N2OS/c22-17-7-6-15(14-18(17)23)19-8-9-20(26-19)21(27)25-12-10-24(11-13-25)16-4-2-1-3-5-16/h1-9,14H,10-13H2. The molecule has 1 fully saturated rings. The van der Waals surface area contributed by atoms with Crippen molar-refractivity contribution in [1.82, 2.24) is 4.90 Å². The molecule has 6 heteroatoms. The predicted molar refractivity (Wildman–Crippen MR) is 116 cm³/mol. The third kappa shape index (κ3) is 3.98. The van der Waals surface area contributed by atoms with Gasteiger partial charge in [0.15, 0.2) is 5.76 Å². The molecule has 1 aliphatic rings. The van der Waals surface area contributed by atoms with Gasteiger partial charge in [-0.3, -0.25) is 0 Å². The van der Waals surface area contributed by atoms with E-state index in [4.69, 9.17) is 39.8 Å². The Hall–Kier alpha value is -2.01. The molecule has 2 heterocycles. The van der Waals surface area contributed by atoms with Crippen LogP contribution in [0.5, 0.6) is 0 Å². The number of furan rings is 1. The number of nitrogens with zero attached hydrogens (tertiary/aromatic N) is 2. The van der Waals surface area contributed by atoms with Gasteiger partial charge < -0.3 is 14.2 Å². The van der Waals surface area contributed by atoms with Gasteiger partial charge in [0.2, 0.25) is 0 Å². The highest BCUT2D eigenvalue weighted by Crippen LogP contribution is 2.30. The first-order chi connectivity index (χ1) is 13.1. The lowest BCUT2D eigenvalue weighted by Gasteiger charge is -2.37. The summed E-state index contributed by atoms with van der Waals surface area (Å²) in [6.45, 7) is 3.61. The van der Waals surface area contributed by atoms with Crippen molar-refractivity contribution < 1.29 is 4.42 Å². The van der Waals surface area contributed by atoms with Crippen LogP contribution in [0.25, 0.3) is 11.3 Å². The average Bonchev–Trinajstić information content (AvgIpc) is 3.20. The molecule has 3 nitrogen and oxygen atoms in total. The first-order valence-electron chi connectivity index (χ1n) is 8.76. The van der Waals surface area contributed by atoms with Gasteiger partial charge in [0.25, 0.3) is 0 Å². The Morgan fingerprint density at radius 1 is 0.852 bits per heavy atom. The first kappa shape index (κ1) is 18.4. The monoisotopic (exact) mass is 416 g/mol. The largest absolute Gasteiger partial charge is 0.454 e. The maximum absolute atomic E-state index is 6.11. The average molecular weight is 417 g/mol. The number of benzene rings is 2. The highest BCUT2D eigenvalue weighted by molar-refractivity contribution is 7.80. The maximum atomic E-state index is 6.11. The van der Waals surface area contributed by atoms with Crippen LogP contribution in [0.15, 0.2) is 65.1 Å². The van der Waals surface area contributed by atoms with Crippen LogP contribution in [-0.2, 0) is 0 Å². The molecule has 1 aliphatic heterocycles. The number of halogens is 2. The first-order valence-corrected chi connectivity index (χ1v) is 9.93. The van der Waals surface area contributed by atoms with Crippen LogP contribution in [0.3, 0.4) is 0 Å². The molecule has 0 N–H and O–H groups in total. The molecule has 27 heavy (non-hydrogen) atoms. The third-order valence-corrected chi connectivity index (χ3v) is 5.91. The molecule has 0 spiro atoms. The number of rotatable bonds is 3. The predicted octanol–water partition coefficient (Wildman–Crippen LogP) is 5.75. The highest BCUT2D eigenvalue weighted by Gasteiger charge is 2.22. The van der Waals surface area contributed by atoms with Crippen LogP contribution in [0.4, 0.5) is 5.69 Å². The van der Waals surface area contributed by atoms with E-state index in [1.807, 2.05) is 24.3 Å². The molecule has 2 aromatic carbocycles. The van der Waals surface area contributed by atoms with E-state index in [1.54, 1.807) is 12.1 Å². The van der Waals surface area contributed by atoms with Crippen molar-refractivity contribution in [3.63, 3.8) is 0 Å². The Labute approximate surface area is 174 Å². The van der Waals surface area contributed by atoms with Crippen LogP contribution >= 0.6 is 35.4 Å². The zero-order valence-corrected chi connectivity index (χ0v) is 16.9. The second-order valence-electron chi connectivity index (χ2n) is 6.41. The molecule has 4 rings (SSSR count). The summed E-state index contributed by atoms with van der Waals surface area (Å²) in [5.41, 5.74) is 2.13. The van der Waals surface area contributed by atoms with E-state index in [2.05, 4.69) is 34.1 Å². The summed E-state index contributed by atoms with van der Waals surface area (Å²) in [7, 11) is 0. The Morgan fingerprint density at radius 2 is 1.59 bits per heavy atom. The van der Waals surface area contributed by atoms with Crippen molar-refractivity contribution in [2.24, 2.45) is 0 Å². The Balaban J connectivity index is 1.43. The van der Waals surface area contributed by atoms with Crippen molar-refractivity contribution >= 4 is 46.1 Å². The van der Waals surface area contributed by atoms with Gasteiger partial charge in [0.1, 0.15) is 10.7 Å². The van der Waals surface area contributed by atoms with Gasteiger partial charge in [0, 0.05) is 37.4 Å². The summed E-state index contributed by atoms with van der Waals surface area (Å²) in [5.74, 6) is 1.44.